The Kier molecular flexibility index (Phi) is 9.36. The highest BCUT2D eigenvalue weighted by Gasteiger charge is 2.25. The molecule has 0 aliphatic heterocycles. The highest BCUT2D eigenvalue weighted by Crippen LogP contribution is 2.37. The fourth-order valence-electron chi connectivity index (χ4n) is 4.17. The lowest BCUT2D eigenvalue weighted by Crippen LogP contribution is -2.25. The number of esters is 2. The summed E-state index contributed by atoms with van der Waals surface area (Å²) in [6.45, 7) is 9.89. The monoisotopic (exact) mass is 619 g/mol. The number of hydrogen-bond acceptors (Lipinski definition) is 10. The summed E-state index contributed by atoms with van der Waals surface area (Å²) < 4.78 is 36.2. The van der Waals surface area contributed by atoms with Gasteiger partial charge in [0.1, 0.15) is 41.8 Å². The van der Waals surface area contributed by atoms with Crippen LogP contribution in [0.4, 0.5) is 0 Å². The Labute approximate surface area is 255 Å². The molecule has 0 spiro atoms. The van der Waals surface area contributed by atoms with Crippen LogP contribution in [-0.2, 0) is 34.3 Å². The maximum absolute atomic E-state index is 13.2. The summed E-state index contributed by atoms with van der Waals surface area (Å²) in [6.07, 6.45) is 1.27. The van der Waals surface area contributed by atoms with Gasteiger partial charge in [-0.25, -0.2) is 18.0 Å². The molecule has 12 heteroatoms. The molecule has 0 aliphatic carbocycles. The molecule has 44 heavy (non-hydrogen) atoms. The van der Waals surface area contributed by atoms with Crippen molar-refractivity contribution in [2.24, 2.45) is 0 Å². The summed E-state index contributed by atoms with van der Waals surface area (Å²) >= 11 is 0. The van der Waals surface area contributed by atoms with Crippen LogP contribution in [0.15, 0.2) is 88.7 Å². The molecule has 2 N–H and O–H groups in total. The summed E-state index contributed by atoms with van der Waals surface area (Å²) in [5.74, 6) is -1.59. The fourth-order valence-corrected chi connectivity index (χ4v) is 5.47. The number of nitrogens with zero attached hydrogens (tertiary/aromatic N) is 3. The van der Waals surface area contributed by atoms with Crippen molar-refractivity contribution in [3.8, 4) is 11.4 Å². The molecule has 4 aromatic rings. The second kappa shape index (κ2) is 12.8. The van der Waals surface area contributed by atoms with E-state index < -0.39 is 39.9 Å². The molecular formula is C32H33N3O8S. The van der Waals surface area contributed by atoms with Gasteiger partial charge in [0, 0.05) is 22.8 Å². The van der Waals surface area contributed by atoms with E-state index in [1.165, 1.54) is 48.1 Å². The van der Waals surface area contributed by atoms with Crippen LogP contribution in [-0.4, -0.2) is 64.9 Å². The van der Waals surface area contributed by atoms with E-state index in [2.05, 4.69) is 16.8 Å². The van der Waals surface area contributed by atoms with E-state index in [9.17, 15) is 28.2 Å². The average molecular weight is 620 g/mol. The SMILES string of the molecule is C=C(C)C(=O)OCC(O)COC(=O)/C=C/c1ccc(C(C)(C)C)c(O)c1-n1nc2ccc(S(=O)(=O)c3ccccc3)cc2n1. The number of phenols is 1. The Bertz CT molecular complexity index is 1860. The van der Waals surface area contributed by atoms with Crippen molar-refractivity contribution in [2.75, 3.05) is 13.2 Å². The molecule has 11 nitrogen and oxygen atoms in total. The number of aliphatic hydroxyl groups excluding tert-OH is 1. The number of carbonyl (C=O) groups is 2. The quantitative estimate of drug-likeness (QED) is 0.194. The second-order valence-corrected chi connectivity index (χ2v) is 13.1. The third kappa shape index (κ3) is 7.21. The van der Waals surface area contributed by atoms with Gasteiger partial charge < -0.3 is 19.7 Å². The molecule has 0 bridgehead atoms. The molecular weight excluding hydrogens is 586 g/mol. The van der Waals surface area contributed by atoms with Crippen molar-refractivity contribution in [1.82, 2.24) is 15.0 Å². The van der Waals surface area contributed by atoms with Gasteiger partial charge in [0.2, 0.25) is 9.84 Å². The lowest BCUT2D eigenvalue weighted by molar-refractivity contribution is -0.146. The molecule has 230 valence electrons. The molecule has 0 fully saturated rings. The number of aromatic hydroxyl groups is 1. The van der Waals surface area contributed by atoms with Crippen molar-refractivity contribution in [1.29, 1.82) is 0 Å². The van der Waals surface area contributed by atoms with Gasteiger partial charge in [0.15, 0.2) is 0 Å². The highest BCUT2D eigenvalue weighted by molar-refractivity contribution is 7.91. The molecule has 4 rings (SSSR count). The normalized spacial score (nSPS) is 12.8. The first-order valence-electron chi connectivity index (χ1n) is 13.6. The standard InChI is InChI=1S/C32H33N3O8S/c1-20(2)31(39)43-19-22(36)18-42-28(37)16-12-21-11-14-25(32(3,4)5)30(38)29(21)35-33-26-15-13-24(17-27(26)34-35)44(40,41)23-9-7-6-8-10-23/h6-17,22,36,38H,1,18-19H2,2-5H3/b16-12+. The van der Waals surface area contributed by atoms with E-state index >= 15 is 0 Å². The van der Waals surface area contributed by atoms with Gasteiger partial charge >= 0.3 is 11.9 Å². The van der Waals surface area contributed by atoms with Gasteiger partial charge in [-0.2, -0.15) is 0 Å². The van der Waals surface area contributed by atoms with Gasteiger partial charge in [0.05, 0.1) is 9.79 Å². The Hall–Kier alpha value is -4.81. The van der Waals surface area contributed by atoms with Gasteiger partial charge in [0.25, 0.3) is 0 Å². The van der Waals surface area contributed by atoms with E-state index in [0.29, 0.717) is 16.6 Å². The average Bonchev–Trinajstić information content (AvgIpc) is 3.40. The molecule has 0 amide bonds. The minimum absolute atomic E-state index is 0.0374. The van der Waals surface area contributed by atoms with Crippen LogP contribution in [0.1, 0.15) is 38.8 Å². The molecule has 1 unspecified atom stereocenters. The number of hydrogen-bond donors (Lipinski definition) is 2. The summed E-state index contributed by atoms with van der Waals surface area (Å²) in [6, 6.07) is 15.8. The zero-order valence-electron chi connectivity index (χ0n) is 24.7. The van der Waals surface area contributed by atoms with Gasteiger partial charge in [-0.1, -0.05) is 57.7 Å². The topological polar surface area (TPSA) is 158 Å². The third-order valence-electron chi connectivity index (χ3n) is 6.48. The minimum atomic E-state index is -3.81. The first kappa shape index (κ1) is 32.1. The molecule has 0 saturated carbocycles. The molecule has 0 aliphatic rings. The van der Waals surface area contributed by atoms with Gasteiger partial charge in [-0.05, 0) is 48.7 Å². The third-order valence-corrected chi connectivity index (χ3v) is 8.25. The van der Waals surface area contributed by atoms with Gasteiger partial charge in [-0.15, -0.1) is 15.0 Å². The smallest absolute Gasteiger partial charge is 0.333 e. The Balaban J connectivity index is 1.65. The lowest BCUT2D eigenvalue weighted by Gasteiger charge is -2.22. The van der Waals surface area contributed by atoms with Gasteiger partial charge in [-0.3, -0.25) is 0 Å². The fraction of sp³-hybridized carbons (Fsp3) is 0.250. The number of aromatic nitrogens is 3. The number of rotatable bonds is 10. The molecule has 1 aromatic heterocycles. The summed E-state index contributed by atoms with van der Waals surface area (Å²) in [4.78, 5) is 25.3. The Morgan fingerprint density at radius 2 is 1.64 bits per heavy atom. The van der Waals surface area contributed by atoms with Crippen molar-refractivity contribution >= 4 is 38.9 Å². The summed E-state index contributed by atoms with van der Waals surface area (Å²) in [5, 5.41) is 30.3. The number of phenolic OH excluding ortho intramolecular Hbond substituents is 1. The molecule has 3 aromatic carbocycles. The van der Waals surface area contributed by atoms with Crippen LogP contribution in [0, 0.1) is 0 Å². The zero-order chi connectivity index (χ0) is 32.2. The van der Waals surface area contributed by atoms with Crippen LogP contribution in [0.3, 0.4) is 0 Å². The van der Waals surface area contributed by atoms with E-state index in [-0.39, 0.29) is 38.9 Å². The predicted octanol–water partition coefficient (Wildman–Crippen LogP) is 4.29. The largest absolute Gasteiger partial charge is 0.505 e. The number of carbonyl (C=O) groups excluding carboxylic acids is 2. The maximum Gasteiger partial charge on any atom is 0.333 e. The van der Waals surface area contributed by atoms with Crippen LogP contribution in [0.2, 0.25) is 0 Å². The zero-order valence-corrected chi connectivity index (χ0v) is 25.5. The number of aliphatic hydroxyl groups is 1. The molecule has 0 saturated heterocycles. The van der Waals surface area contributed by atoms with Crippen molar-refractivity contribution in [3.05, 3.63) is 90.0 Å². The van der Waals surface area contributed by atoms with E-state index in [0.717, 1.165) is 6.08 Å². The minimum Gasteiger partial charge on any atom is -0.505 e. The Morgan fingerprint density at radius 3 is 2.30 bits per heavy atom. The summed E-state index contributed by atoms with van der Waals surface area (Å²) in [7, 11) is -3.81. The first-order valence-corrected chi connectivity index (χ1v) is 15.1. The Morgan fingerprint density at radius 1 is 0.977 bits per heavy atom. The lowest BCUT2D eigenvalue weighted by atomic mass is 9.85. The number of fused-ring (bicyclic) bond motifs is 1. The number of sulfone groups is 1. The molecule has 1 heterocycles. The molecule has 1 atom stereocenters. The summed E-state index contributed by atoms with van der Waals surface area (Å²) in [5.41, 5.74) is 1.48. The van der Waals surface area contributed by atoms with Crippen LogP contribution >= 0.6 is 0 Å². The molecule has 0 radical (unpaired) electrons. The van der Waals surface area contributed by atoms with Crippen molar-refractivity contribution in [3.63, 3.8) is 0 Å². The van der Waals surface area contributed by atoms with Crippen LogP contribution in [0.5, 0.6) is 5.75 Å². The van der Waals surface area contributed by atoms with Crippen LogP contribution in [0.25, 0.3) is 22.8 Å². The van der Waals surface area contributed by atoms with E-state index in [1.807, 2.05) is 20.8 Å². The van der Waals surface area contributed by atoms with E-state index in [1.54, 1.807) is 30.3 Å². The number of ether oxygens (including phenoxy) is 2. The number of benzene rings is 3. The van der Waals surface area contributed by atoms with Crippen LogP contribution < -0.4 is 0 Å². The first-order chi connectivity index (χ1) is 20.7. The van der Waals surface area contributed by atoms with Crippen molar-refractivity contribution < 1.29 is 37.7 Å². The highest BCUT2D eigenvalue weighted by atomic mass is 32.2. The predicted molar refractivity (Wildman–Crippen MR) is 163 cm³/mol. The van der Waals surface area contributed by atoms with E-state index in [4.69, 9.17) is 9.47 Å². The van der Waals surface area contributed by atoms with Crippen molar-refractivity contribution in [2.45, 2.75) is 49.0 Å². The maximum atomic E-state index is 13.2. The second-order valence-electron chi connectivity index (χ2n) is 11.1.